The number of hydrogen-bond donors (Lipinski definition) is 0. The predicted octanol–water partition coefficient (Wildman–Crippen LogP) is 21.3. The SMILES string of the molecule is [2H]c1c([2H])c(-n2c3ccccc3c3ccccc32)c([2H])c2c1B1c3sc4cc(C(C)(C)C)ccc4c3N(c3c(-c4ccccc4)cc(C(C)(C)C)cc3-c3ccccc3)c3cc(C(C)(C)C)cc(c31)N2c1c2ccccc2c(-c2ccccc2)c2ccccc12. The number of fused-ring (bicyclic) bond motifs is 11. The third-order valence-electron chi connectivity index (χ3n) is 18.5. The molecule has 3 nitrogen and oxygen atoms in total. The standard InChI is InChI=1S/C82H68BN3S/c1-80(2,3)54-41-43-64-73(49-54)87-79-78(64)86(77-65(51-27-13-10-14-28-51)45-55(81(4,5)6)46-66(77)52-29-15-11-16-30-52)72-48-56(82(7,8)9)47-71-75(72)83(79)67-44-42-57(84-68-39-25-23-33-58(68)59-34-24-26-40-69(59)84)50-70(67)85(71)76-62-37-21-19-35-60(62)74(53-31-17-12-18-32-53)61-36-20-22-38-63(61)76/h10-50H,1-9H3/i42D,44D,50D. The summed E-state index contributed by atoms with van der Waals surface area (Å²) < 4.78 is 37.6. The molecule has 16 rings (SSSR count). The van der Waals surface area contributed by atoms with Crippen molar-refractivity contribution in [2.24, 2.45) is 0 Å². The van der Waals surface area contributed by atoms with Gasteiger partial charge in [-0.05, 0) is 131 Å². The van der Waals surface area contributed by atoms with Gasteiger partial charge in [-0.1, -0.05) is 256 Å². The van der Waals surface area contributed by atoms with Crippen molar-refractivity contribution in [1.82, 2.24) is 4.57 Å². The average Bonchev–Trinajstić information content (AvgIpc) is 1.09. The minimum atomic E-state index is -0.569. The Labute approximate surface area is 519 Å². The van der Waals surface area contributed by atoms with Gasteiger partial charge in [0.15, 0.2) is 0 Å². The third kappa shape index (κ3) is 8.30. The highest BCUT2D eigenvalue weighted by Gasteiger charge is 2.48. The molecule has 12 aromatic carbocycles. The van der Waals surface area contributed by atoms with Gasteiger partial charge in [-0.3, -0.25) is 0 Å². The molecule has 0 N–H and O–H groups in total. The summed E-state index contributed by atoms with van der Waals surface area (Å²) in [7, 11) is 0. The van der Waals surface area contributed by atoms with Gasteiger partial charge in [0.05, 0.1) is 32.2 Å². The molecule has 4 heterocycles. The van der Waals surface area contributed by atoms with Crippen LogP contribution in [0.5, 0.6) is 0 Å². The number of thiophene rings is 1. The van der Waals surface area contributed by atoms with Gasteiger partial charge in [0, 0.05) is 70.3 Å². The number of benzene rings is 12. The maximum Gasteiger partial charge on any atom is 0.264 e. The molecule has 0 amide bonds. The van der Waals surface area contributed by atoms with Crippen molar-refractivity contribution in [3.05, 3.63) is 265 Å². The van der Waals surface area contributed by atoms with Gasteiger partial charge in [0.25, 0.3) is 6.71 Å². The summed E-state index contributed by atoms with van der Waals surface area (Å²) in [4.78, 5) is 5.04. The summed E-state index contributed by atoms with van der Waals surface area (Å²) in [6.07, 6.45) is 0. The van der Waals surface area contributed by atoms with Crippen molar-refractivity contribution < 1.29 is 4.11 Å². The fraction of sp³-hybridized carbons (Fsp3) is 0.146. The highest BCUT2D eigenvalue weighted by Crippen LogP contribution is 2.56. The van der Waals surface area contributed by atoms with E-state index in [1.165, 1.54) is 11.1 Å². The van der Waals surface area contributed by atoms with E-state index < -0.39 is 6.71 Å². The maximum atomic E-state index is 11.4. The van der Waals surface area contributed by atoms with Crippen LogP contribution in [0.4, 0.5) is 34.1 Å². The zero-order valence-corrected chi connectivity index (χ0v) is 51.6. The first-order valence-corrected chi connectivity index (χ1v) is 31.4. The molecular formula is C82H68BN3S. The minimum Gasteiger partial charge on any atom is -0.310 e. The Hall–Kier alpha value is -9.42. The van der Waals surface area contributed by atoms with Crippen molar-refractivity contribution in [2.75, 3.05) is 9.80 Å². The summed E-state index contributed by atoms with van der Waals surface area (Å²) in [5, 5.41) is 7.40. The number of anilines is 6. The van der Waals surface area contributed by atoms with Gasteiger partial charge in [0.1, 0.15) is 0 Å². The van der Waals surface area contributed by atoms with Gasteiger partial charge in [-0.2, -0.15) is 0 Å². The Morgan fingerprint density at radius 3 is 1.37 bits per heavy atom. The fourth-order valence-corrected chi connectivity index (χ4v) is 15.5. The average molecular weight is 1140 g/mol. The van der Waals surface area contributed by atoms with Crippen LogP contribution in [0.25, 0.3) is 92.5 Å². The monoisotopic (exact) mass is 1140 g/mol. The van der Waals surface area contributed by atoms with E-state index >= 15 is 0 Å². The first kappa shape index (κ1) is 49.8. The Morgan fingerprint density at radius 2 is 0.839 bits per heavy atom. The lowest BCUT2D eigenvalue weighted by atomic mass is 9.36. The molecule has 0 bridgehead atoms. The summed E-state index contributed by atoms with van der Waals surface area (Å²) in [5.74, 6) is 0. The van der Waals surface area contributed by atoms with Gasteiger partial charge in [-0.15, -0.1) is 11.3 Å². The van der Waals surface area contributed by atoms with Crippen LogP contribution in [0.3, 0.4) is 0 Å². The van der Waals surface area contributed by atoms with E-state index in [1.54, 1.807) is 0 Å². The van der Waals surface area contributed by atoms with E-state index in [-0.39, 0.29) is 34.4 Å². The molecule has 0 saturated heterocycles. The molecule has 0 fully saturated rings. The second-order valence-electron chi connectivity index (χ2n) is 27.0. The van der Waals surface area contributed by atoms with E-state index in [0.29, 0.717) is 16.8 Å². The minimum absolute atomic E-state index is 0.0197. The summed E-state index contributed by atoms with van der Waals surface area (Å²) in [6, 6.07) is 84.1. The van der Waals surface area contributed by atoms with Crippen molar-refractivity contribution in [3.8, 4) is 39.1 Å². The lowest BCUT2D eigenvalue weighted by molar-refractivity contribution is 0.590. The van der Waals surface area contributed by atoms with Crippen LogP contribution in [-0.2, 0) is 16.2 Å². The summed E-state index contributed by atoms with van der Waals surface area (Å²) in [5.41, 5.74) is 19.1. The van der Waals surface area contributed by atoms with Crippen LogP contribution in [0.2, 0.25) is 0 Å². The van der Waals surface area contributed by atoms with Crippen LogP contribution in [0.15, 0.2) is 249 Å². The van der Waals surface area contributed by atoms with Crippen molar-refractivity contribution in [2.45, 2.75) is 78.6 Å². The molecule has 14 aromatic rings. The van der Waals surface area contributed by atoms with Gasteiger partial charge >= 0.3 is 0 Å². The largest absolute Gasteiger partial charge is 0.310 e. The molecule has 0 saturated carbocycles. The first-order chi connectivity index (χ1) is 43.4. The summed E-state index contributed by atoms with van der Waals surface area (Å²) in [6.45, 7) is 20.2. The van der Waals surface area contributed by atoms with E-state index in [9.17, 15) is 4.11 Å². The lowest BCUT2D eigenvalue weighted by Gasteiger charge is -2.45. The molecule has 5 heteroatoms. The van der Waals surface area contributed by atoms with Gasteiger partial charge in [0.2, 0.25) is 0 Å². The number of aromatic nitrogens is 1. The zero-order chi connectivity index (χ0) is 61.9. The molecule has 0 radical (unpaired) electrons. The van der Waals surface area contributed by atoms with Crippen LogP contribution >= 0.6 is 11.3 Å². The van der Waals surface area contributed by atoms with Crippen molar-refractivity contribution in [3.63, 3.8) is 0 Å². The molecule has 0 aliphatic carbocycles. The molecular weight excluding hydrogens is 1070 g/mol. The van der Waals surface area contributed by atoms with Crippen LogP contribution in [0, 0.1) is 0 Å². The summed E-state index contributed by atoms with van der Waals surface area (Å²) >= 11 is 1.81. The topological polar surface area (TPSA) is 11.4 Å². The molecule has 0 unspecified atom stereocenters. The molecule has 87 heavy (non-hydrogen) atoms. The van der Waals surface area contributed by atoms with Crippen LogP contribution in [-0.4, -0.2) is 11.3 Å². The Balaban J connectivity index is 1.14. The van der Waals surface area contributed by atoms with E-state index in [4.69, 9.17) is 0 Å². The molecule has 0 spiro atoms. The molecule has 420 valence electrons. The highest BCUT2D eigenvalue weighted by atomic mass is 32.1. The molecule has 2 aliphatic heterocycles. The highest BCUT2D eigenvalue weighted by molar-refractivity contribution is 7.33. The quantitative estimate of drug-likeness (QED) is 0.121. The van der Waals surface area contributed by atoms with Crippen molar-refractivity contribution >= 4 is 121 Å². The van der Waals surface area contributed by atoms with Crippen LogP contribution in [0.1, 0.15) is 83.1 Å². The van der Waals surface area contributed by atoms with E-state index in [1.807, 2.05) is 23.5 Å². The Kier molecular flexibility index (Phi) is 11.2. The van der Waals surface area contributed by atoms with Gasteiger partial charge in [-0.25, -0.2) is 0 Å². The van der Waals surface area contributed by atoms with E-state index in [2.05, 4.69) is 295 Å². The van der Waals surface area contributed by atoms with Crippen LogP contribution < -0.4 is 25.5 Å². The fourth-order valence-electron chi connectivity index (χ4n) is 14.1. The van der Waals surface area contributed by atoms with Gasteiger partial charge < -0.3 is 14.4 Å². The van der Waals surface area contributed by atoms with E-state index in [0.717, 1.165) is 131 Å². The normalized spacial score (nSPS) is 13.8. The second kappa shape index (κ2) is 19.6. The number of hydrogen-bond acceptors (Lipinski definition) is 3. The molecule has 0 atom stereocenters. The zero-order valence-electron chi connectivity index (χ0n) is 53.8. The second-order valence-corrected chi connectivity index (χ2v) is 28.1. The molecule has 2 aromatic heterocycles. The smallest absolute Gasteiger partial charge is 0.264 e. The predicted molar refractivity (Wildman–Crippen MR) is 378 cm³/mol. The third-order valence-corrected chi connectivity index (χ3v) is 19.7. The Morgan fingerprint density at radius 1 is 0.379 bits per heavy atom. The number of nitrogens with zero attached hydrogens (tertiary/aromatic N) is 3. The molecule has 2 aliphatic rings. The lowest BCUT2D eigenvalue weighted by Crippen LogP contribution is -2.60. The first-order valence-electron chi connectivity index (χ1n) is 32.1. The van der Waals surface area contributed by atoms with Crippen molar-refractivity contribution in [1.29, 1.82) is 0 Å². The Bertz CT molecular complexity index is 5130. The number of para-hydroxylation sites is 2. The number of rotatable bonds is 6. The maximum absolute atomic E-state index is 11.4.